The number of nitrogens with zero attached hydrogens (tertiary/aromatic N) is 1. The van der Waals surface area contributed by atoms with Crippen LogP contribution < -0.4 is 0 Å². The number of carbonyl (C=O) groups excluding carboxylic acids is 1. The summed E-state index contributed by atoms with van der Waals surface area (Å²) in [5.41, 5.74) is 0. The highest BCUT2D eigenvalue weighted by atomic mass is 16.5. The first-order valence-electron chi connectivity index (χ1n) is 3.85. The zero-order valence-electron chi connectivity index (χ0n) is 7.09. The molecule has 0 atom stereocenters. The molecule has 0 N–H and O–H groups in total. The lowest BCUT2D eigenvalue weighted by Crippen LogP contribution is -2.32. The molecular formula is C8H14NO2. The summed E-state index contributed by atoms with van der Waals surface area (Å²) in [5, 5.41) is 0. The molecule has 11 heavy (non-hydrogen) atoms. The molecule has 0 saturated carbocycles. The van der Waals surface area contributed by atoms with Gasteiger partial charge in [0.1, 0.15) is 0 Å². The Bertz CT molecular complexity index is 139. The zero-order chi connectivity index (χ0) is 8.27. The van der Waals surface area contributed by atoms with E-state index in [2.05, 4.69) is 16.7 Å². The molecule has 3 nitrogen and oxygen atoms in total. The first-order chi connectivity index (χ1) is 5.24. The Labute approximate surface area is 67.3 Å². The van der Waals surface area contributed by atoms with Gasteiger partial charge in [-0.2, -0.15) is 0 Å². The zero-order valence-corrected chi connectivity index (χ0v) is 7.09. The van der Waals surface area contributed by atoms with Crippen molar-refractivity contribution >= 4 is 5.97 Å². The van der Waals surface area contributed by atoms with Crippen molar-refractivity contribution in [2.75, 3.05) is 27.2 Å². The van der Waals surface area contributed by atoms with E-state index in [4.69, 9.17) is 0 Å². The molecule has 0 aromatic heterocycles. The summed E-state index contributed by atoms with van der Waals surface area (Å²) in [6.45, 7) is 1.95. The molecule has 1 saturated heterocycles. The summed E-state index contributed by atoms with van der Waals surface area (Å²) < 4.78 is 4.63. The van der Waals surface area contributed by atoms with E-state index in [9.17, 15) is 4.79 Å². The predicted octanol–water partition coefficient (Wildman–Crippen LogP) is 0.459. The molecule has 0 aromatic carbocycles. The van der Waals surface area contributed by atoms with E-state index >= 15 is 0 Å². The molecular weight excluding hydrogens is 142 g/mol. The van der Waals surface area contributed by atoms with Crippen LogP contribution in [-0.2, 0) is 9.53 Å². The van der Waals surface area contributed by atoms with Crippen LogP contribution in [-0.4, -0.2) is 38.1 Å². The summed E-state index contributed by atoms with van der Waals surface area (Å²) >= 11 is 0. The Morgan fingerprint density at radius 3 is 2.45 bits per heavy atom. The van der Waals surface area contributed by atoms with Crippen molar-refractivity contribution in [3.63, 3.8) is 0 Å². The number of carbonyl (C=O) groups is 1. The van der Waals surface area contributed by atoms with Crippen LogP contribution in [0, 0.1) is 5.92 Å². The van der Waals surface area contributed by atoms with E-state index in [-0.39, 0.29) is 5.97 Å². The Kier molecular flexibility index (Phi) is 2.88. The molecule has 1 heterocycles. The van der Waals surface area contributed by atoms with Gasteiger partial charge in [-0.25, -0.2) is 0 Å². The van der Waals surface area contributed by atoms with Crippen LogP contribution in [0.4, 0.5) is 0 Å². The van der Waals surface area contributed by atoms with Gasteiger partial charge in [0.2, 0.25) is 0 Å². The summed E-state index contributed by atoms with van der Waals surface area (Å²) in [7, 11) is 3.50. The largest absolute Gasteiger partial charge is 0.469 e. The topological polar surface area (TPSA) is 29.5 Å². The van der Waals surface area contributed by atoms with Gasteiger partial charge in [-0.15, -0.1) is 0 Å². The predicted molar refractivity (Wildman–Crippen MR) is 42.0 cm³/mol. The second kappa shape index (κ2) is 3.72. The minimum atomic E-state index is -0.127. The molecule has 0 bridgehead atoms. The van der Waals surface area contributed by atoms with Crippen LogP contribution in [0.15, 0.2) is 0 Å². The van der Waals surface area contributed by atoms with Gasteiger partial charge in [0.15, 0.2) is 0 Å². The molecule has 0 aromatic rings. The van der Waals surface area contributed by atoms with E-state index in [1.54, 1.807) is 0 Å². The lowest BCUT2D eigenvalue weighted by molar-refractivity contribution is -0.139. The fourth-order valence-electron chi connectivity index (χ4n) is 1.24. The number of methoxy groups -OCH3 is 1. The Morgan fingerprint density at radius 1 is 1.45 bits per heavy atom. The molecule has 63 valence electrons. The standard InChI is InChI=1S/C8H14NO2/c1-9-5-3-7(4-6-9)8(10)11-2/h3-6H2,1-2H3. The highest BCUT2D eigenvalue weighted by Gasteiger charge is 2.24. The third-order valence-electron chi connectivity index (χ3n) is 2.06. The molecule has 0 amide bonds. The molecule has 0 aliphatic carbocycles. The Morgan fingerprint density at radius 2 is 2.00 bits per heavy atom. The number of rotatable bonds is 1. The average molecular weight is 156 g/mol. The fourth-order valence-corrected chi connectivity index (χ4v) is 1.24. The molecule has 1 fully saturated rings. The van der Waals surface area contributed by atoms with Crippen LogP contribution in [0.3, 0.4) is 0 Å². The number of hydrogen-bond donors (Lipinski definition) is 0. The molecule has 1 rings (SSSR count). The first-order valence-corrected chi connectivity index (χ1v) is 3.85. The van der Waals surface area contributed by atoms with Gasteiger partial charge < -0.3 is 9.64 Å². The van der Waals surface area contributed by atoms with Gasteiger partial charge in [0.05, 0.1) is 13.0 Å². The Balaban J connectivity index is 2.33. The quantitative estimate of drug-likeness (QED) is 0.516. The second-order valence-corrected chi connectivity index (χ2v) is 2.90. The van der Waals surface area contributed by atoms with Gasteiger partial charge in [-0.05, 0) is 33.0 Å². The maximum absolute atomic E-state index is 11.0. The van der Waals surface area contributed by atoms with Crippen molar-refractivity contribution in [1.82, 2.24) is 4.90 Å². The molecule has 0 spiro atoms. The summed E-state index contributed by atoms with van der Waals surface area (Å²) in [5.74, 6) is 0.809. The van der Waals surface area contributed by atoms with Crippen LogP contribution in [0.2, 0.25) is 0 Å². The van der Waals surface area contributed by atoms with Crippen LogP contribution in [0.5, 0.6) is 0 Å². The number of hydrogen-bond acceptors (Lipinski definition) is 3. The van der Waals surface area contributed by atoms with E-state index in [1.165, 1.54) is 7.11 Å². The highest BCUT2D eigenvalue weighted by Crippen LogP contribution is 2.18. The van der Waals surface area contributed by atoms with Gasteiger partial charge in [-0.3, -0.25) is 4.79 Å². The van der Waals surface area contributed by atoms with Gasteiger partial charge in [-0.1, -0.05) is 0 Å². The minimum absolute atomic E-state index is 0.127. The summed E-state index contributed by atoms with van der Waals surface area (Å²) in [4.78, 5) is 13.2. The van der Waals surface area contributed by atoms with E-state index in [1.807, 2.05) is 0 Å². The van der Waals surface area contributed by atoms with Gasteiger partial charge in [0.25, 0.3) is 0 Å². The van der Waals surface area contributed by atoms with Crippen molar-refractivity contribution in [2.24, 2.45) is 0 Å². The molecule has 1 radical (unpaired) electrons. The monoisotopic (exact) mass is 156 g/mol. The van der Waals surface area contributed by atoms with E-state index < -0.39 is 0 Å². The summed E-state index contributed by atoms with van der Waals surface area (Å²) in [6.07, 6.45) is 1.73. The lowest BCUT2D eigenvalue weighted by Gasteiger charge is -2.26. The third kappa shape index (κ3) is 2.19. The molecule has 3 heteroatoms. The van der Waals surface area contributed by atoms with Crippen molar-refractivity contribution in [3.05, 3.63) is 5.92 Å². The SMILES string of the molecule is COC(=O)[C]1CCN(C)CC1. The molecule has 1 aliphatic rings. The van der Waals surface area contributed by atoms with Crippen LogP contribution >= 0.6 is 0 Å². The maximum Gasteiger partial charge on any atom is 0.313 e. The van der Waals surface area contributed by atoms with Gasteiger partial charge in [0, 0.05) is 0 Å². The Hall–Kier alpha value is -0.570. The van der Waals surface area contributed by atoms with Crippen molar-refractivity contribution < 1.29 is 9.53 Å². The molecule has 0 unspecified atom stereocenters. The number of likely N-dealkylation sites (tertiary alicyclic amines) is 1. The number of ether oxygens (including phenoxy) is 1. The summed E-state index contributed by atoms with van der Waals surface area (Å²) in [6, 6.07) is 0. The highest BCUT2D eigenvalue weighted by molar-refractivity contribution is 5.84. The van der Waals surface area contributed by atoms with Crippen molar-refractivity contribution in [3.8, 4) is 0 Å². The van der Waals surface area contributed by atoms with Crippen molar-refractivity contribution in [1.29, 1.82) is 0 Å². The normalized spacial score (nSPS) is 21.6. The van der Waals surface area contributed by atoms with Crippen LogP contribution in [0.1, 0.15) is 12.8 Å². The maximum atomic E-state index is 11.0. The second-order valence-electron chi connectivity index (χ2n) is 2.90. The fraction of sp³-hybridized carbons (Fsp3) is 0.750. The number of esters is 1. The number of piperidine rings is 1. The first kappa shape index (κ1) is 8.53. The van der Waals surface area contributed by atoms with E-state index in [0.717, 1.165) is 31.8 Å². The van der Waals surface area contributed by atoms with Crippen LogP contribution in [0.25, 0.3) is 0 Å². The molecule has 1 aliphatic heterocycles. The smallest absolute Gasteiger partial charge is 0.313 e. The van der Waals surface area contributed by atoms with E-state index in [0.29, 0.717) is 0 Å². The minimum Gasteiger partial charge on any atom is -0.469 e. The lowest BCUT2D eigenvalue weighted by atomic mass is 9.98. The van der Waals surface area contributed by atoms with Crippen molar-refractivity contribution in [2.45, 2.75) is 12.8 Å². The third-order valence-corrected chi connectivity index (χ3v) is 2.06. The van der Waals surface area contributed by atoms with Gasteiger partial charge >= 0.3 is 5.97 Å². The average Bonchev–Trinajstić information content (AvgIpc) is 2.05.